The quantitative estimate of drug-likeness (QED) is 0.829. The Hall–Kier alpha value is -0.160. The highest BCUT2D eigenvalue weighted by atomic mass is 16.5. The molecular formula is C15H31N3O. The van der Waals surface area contributed by atoms with Gasteiger partial charge in [-0.15, -0.1) is 0 Å². The van der Waals surface area contributed by atoms with Crippen LogP contribution >= 0.6 is 0 Å². The maximum atomic E-state index is 5.70. The lowest BCUT2D eigenvalue weighted by Gasteiger charge is -2.47. The molecule has 1 atom stereocenters. The average molecular weight is 269 g/mol. The number of likely N-dealkylation sites (tertiary alicyclic amines) is 1. The van der Waals surface area contributed by atoms with Crippen molar-refractivity contribution in [3.8, 4) is 0 Å². The van der Waals surface area contributed by atoms with Crippen LogP contribution in [-0.2, 0) is 4.74 Å². The monoisotopic (exact) mass is 269 g/mol. The number of rotatable bonds is 4. The van der Waals surface area contributed by atoms with Crippen molar-refractivity contribution >= 4 is 0 Å². The van der Waals surface area contributed by atoms with Gasteiger partial charge in [0.25, 0.3) is 0 Å². The van der Waals surface area contributed by atoms with E-state index >= 15 is 0 Å². The Bertz CT molecular complexity index is 289. The van der Waals surface area contributed by atoms with Crippen molar-refractivity contribution in [2.45, 2.75) is 44.8 Å². The van der Waals surface area contributed by atoms with Crippen molar-refractivity contribution in [1.82, 2.24) is 15.1 Å². The normalized spacial score (nSPS) is 31.6. The molecule has 0 aromatic carbocycles. The molecule has 0 bridgehead atoms. The van der Waals surface area contributed by atoms with E-state index in [4.69, 9.17) is 4.74 Å². The topological polar surface area (TPSA) is 27.7 Å². The predicted molar refractivity (Wildman–Crippen MR) is 79.6 cm³/mol. The molecule has 19 heavy (non-hydrogen) atoms. The first-order chi connectivity index (χ1) is 8.95. The van der Waals surface area contributed by atoms with Gasteiger partial charge in [0.05, 0.1) is 5.60 Å². The average Bonchev–Trinajstić information content (AvgIpc) is 2.39. The number of hydrogen-bond acceptors (Lipinski definition) is 4. The summed E-state index contributed by atoms with van der Waals surface area (Å²) in [5, 5.41) is 3.44. The smallest absolute Gasteiger partial charge is 0.0777 e. The molecule has 4 heteroatoms. The van der Waals surface area contributed by atoms with Crippen LogP contribution in [0.4, 0.5) is 0 Å². The van der Waals surface area contributed by atoms with Gasteiger partial charge >= 0.3 is 0 Å². The van der Waals surface area contributed by atoms with Crippen LogP contribution in [-0.4, -0.2) is 73.9 Å². The van der Waals surface area contributed by atoms with Gasteiger partial charge in [-0.3, -0.25) is 9.80 Å². The van der Waals surface area contributed by atoms with Crippen LogP contribution in [0.25, 0.3) is 0 Å². The summed E-state index contributed by atoms with van der Waals surface area (Å²) in [5.41, 5.74) is 0.311. The molecule has 2 rings (SSSR count). The zero-order valence-electron chi connectivity index (χ0n) is 13.2. The number of nitrogens with zero attached hydrogens (tertiary/aromatic N) is 2. The first-order valence-corrected chi connectivity index (χ1v) is 7.68. The summed E-state index contributed by atoms with van der Waals surface area (Å²) >= 11 is 0. The molecule has 0 saturated carbocycles. The molecular weight excluding hydrogens is 238 g/mol. The summed E-state index contributed by atoms with van der Waals surface area (Å²) in [4.78, 5) is 5.22. The third-order valence-electron chi connectivity index (χ3n) is 4.81. The van der Waals surface area contributed by atoms with E-state index in [9.17, 15) is 0 Å². The highest BCUT2D eigenvalue weighted by molar-refractivity contribution is 4.92. The lowest BCUT2D eigenvalue weighted by atomic mass is 9.92. The van der Waals surface area contributed by atoms with Gasteiger partial charge < -0.3 is 10.1 Å². The summed E-state index contributed by atoms with van der Waals surface area (Å²) in [7, 11) is 1.85. The van der Waals surface area contributed by atoms with E-state index in [-0.39, 0.29) is 11.1 Å². The first-order valence-electron chi connectivity index (χ1n) is 7.68. The van der Waals surface area contributed by atoms with Crippen LogP contribution in [0.1, 0.15) is 33.6 Å². The zero-order valence-corrected chi connectivity index (χ0v) is 13.2. The molecule has 4 nitrogen and oxygen atoms in total. The van der Waals surface area contributed by atoms with Crippen LogP contribution in [0, 0.1) is 0 Å². The van der Waals surface area contributed by atoms with Crippen LogP contribution in [0.2, 0.25) is 0 Å². The largest absolute Gasteiger partial charge is 0.377 e. The van der Waals surface area contributed by atoms with Gasteiger partial charge in [0, 0.05) is 51.9 Å². The number of nitrogens with one attached hydrogen (secondary N) is 1. The van der Waals surface area contributed by atoms with Gasteiger partial charge in [-0.05, 0) is 40.2 Å². The fourth-order valence-electron chi connectivity index (χ4n) is 3.53. The minimum atomic E-state index is 0.0534. The fourth-order valence-corrected chi connectivity index (χ4v) is 3.53. The van der Waals surface area contributed by atoms with Crippen molar-refractivity contribution in [3.05, 3.63) is 0 Å². The van der Waals surface area contributed by atoms with Crippen LogP contribution in [0.3, 0.4) is 0 Å². The fraction of sp³-hybridized carbons (Fsp3) is 1.00. The molecule has 0 spiro atoms. The van der Waals surface area contributed by atoms with Crippen LogP contribution < -0.4 is 5.32 Å². The Labute approximate surface area is 118 Å². The third kappa shape index (κ3) is 3.91. The van der Waals surface area contributed by atoms with E-state index in [2.05, 4.69) is 35.9 Å². The van der Waals surface area contributed by atoms with Gasteiger partial charge in [-0.2, -0.15) is 0 Å². The number of piperazine rings is 1. The summed E-state index contributed by atoms with van der Waals surface area (Å²) in [6, 6.07) is 0. The lowest BCUT2D eigenvalue weighted by molar-refractivity contribution is -0.0623. The Morgan fingerprint density at radius 1 is 1.21 bits per heavy atom. The number of hydrogen-bond donors (Lipinski definition) is 1. The van der Waals surface area contributed by atoms with Gasteiger partial charge in [-0.25, -0.2) is 0 Å². The van der Waals surface area contributed by atoms with Crippen molar-refractivity contribution in [2.24, 2.45) is 0 Å². The van der Waals surface area contributed by atoms with Gasteiger partial charge in [0.2, 0.25) is 0 Å². The van der Waals surface area contributed by atoms with E-state index in [1.54, 1.807) is 0 Å². The Balaban J connectivity index is 1.91. The number of methoxy groups -OCH3 is 1. The second-order valence-electron chi connectivity index (χ2n) is 7.02. The summed E-state index contributed by atoms with van der Waals surface area (Å²) in [6.45, 7) is 15.0. The Morgan fingerprint density at radius 3 is 2.53 bits per heavy atom. The maximum absolute atomic E-state index is 5.70. The standard InChI is InChI=1S/C15H31N3O/c1-14(2,18-10-7-16-8-11-18)12-17-9-5-6-15(3,13-17)19-4/h16H,5-13H2,1-4H3. The van der Waals surface area contributed by atoms with Gasteiger partial charge in [-0.1, -0.05) is 0 Å². The zero-order chi connectivity index (χ0) is 13.9. The molecule has 0 aromatic heterocycles. The van der Waals surface area contributed by atoms with Gasteiger partial charge in [0.1, 0.15) is 0 Å². The van der Waals surface area contributed by atoms with Crippen molar-refractivity contribution in [3.63, 3.8) is 0 Å². The van der Waals surface area contributed by atoms with Crippen LogP contribution in [0.5, 0.6) is 0 Å². The van der Waals surface area contributed by atoms with Gasteiger partial charge in [0.15, 0.2) is 0 Å². The molecule has 112 valence electrons. The minimum Gasteiger partial charge on any atom is -0.377 e. The molecule has 2 aliphatic heterocycles. The highest BCUT2D eigenvalue weighted by Crippen LogP contribution is 2.26. The minimum absolute atomic E-state index is 0.0534. The summed E-state index contributed by atoms with van der Waals surface area (Å²) in [5.74, 6) is 0. The van der Waals surface area contributed by atoms with E-state index in [1.807, 2.05) is 7.11 Å². The van der Waals surface area contributed by atoms with E-state index in [1.165, 1.54) is 32.5 Å². The molecule has 1 unspecified atom stereocenters. The van der Waals surface area contributed by atoms with E-state index < -0.39 is 0 Å². The molecule has 0 radical (unpaired) electrons. The SMILES string of the molecule is COC1(C)CCCN(CC(C)(C)N2CCNCC2)C1. The Morgan fingerprint density at radius 2 is 1.89 bits per heavy atom. The molecule has 1 N–H and O–H groups in total. The number of piperidine rings is 1. The lowest BCUT2D eigenvalue weighted by Crippen LogP contribution is -2.59. The molecule has 2 aliphatic rings. The van der Waals surface area contributed by atoms with Crippen molar-refractivity contribution in [2.75, 3.05) is 52.9 Å². The summed E-state index contributed by atoms with van der Waals surface area (Å²) < 4.78 is 5.70. The summed E-state index contributed by atoms with van der Waals surface area (Å²) in [6.07, 6.45) is 2.44. The van der Waals surface area contributed by atoms with Crippen LogP contribution in [0.15, 0.2) is 0 Å². The molecule has 0 amide bonds. The van der Waals surface area contributed by atoms with Crippen molar-refractivity contribution < 1.29 is 4.74 Å². The first kappa shape index (κ1) is 15.2. The second-order valence-corrected chi connectivity index (χ2v) is 7.02. The van der Waals surface area contributed by atoms with E-state index in [0.29, 0.717) is 0 Å². The molecule has 0 aliphatic carbocycles. The Kier molecular flexibility index (Phi) is 4.88. The third-order valence-corrected chi connectivity index (χ3v) is 4.81. The molecule has 2 fully saturated rings. The molecule has 2 heterocycles. The van der Waals surface area contributed by atoms with Crippen molar-refractivity contribution in [1.29, 1.82) is 0 Å². The molecule has 0 aromatic rings. The highest BCUT2D eigenvalue weighted by Gasteiger charge is 2.35. The van der Waals surface area contributed by atoms with E-state index in [0.717, 1.165) is 26.2 Å². The second kappa shape index (κ2) is 6.08. The predicted octanol–water partition coefficient (Wildman–Crippen LogP) is 1.17. The maximum Gasteiger partial charge on any atom is 0.0777 e. The molecule has 2 saturated heterocycles. The number of ether oxygens (including phenoxy) is 1.